The first-order valence-corrected chi connectivity index (χ1v) is 9.61. The fourth-order valence-electron chi connectivity index (χ4n) is 4.27. The minimum atomic E-state index is -0.0232. The molecule has 132 valence electrons. The largest absolute Gasteiger partial charge is 0.376 e. The van der Waals surface area contributed by atoms with E-state index in [1.54, 1.807) is 0 Å². The number of carbonyl (C=O) groups is 1. The van der Waals surface area contributed by atoms with E-state index >= 15 is 0 Å². The monoisotopic (exact) mass is 323 g/mol. The molecule has 2 atom stereocenters. The molecule has 0 aromatic carbocycles. The molecule has 0 aromatic heterocycles. The SMILES string of the molecule is C[C@@H](C(=O)NC[C@H]1CCCO1)N1CCN(C2CCCCC2)CC1. The lowest BCUT2D eigenvalue weighted by atomic mass is 9.94. The number of hydrogen-bond acceptors (Lipinski definition) is 4. The van der Waals surface area contributed by atoms with E-state index in [2.05, 4.69) is 15.1 Å². The predicted molar refractivity (Wildman–Crippen MR) is 91.5 cm³/mol. The number of amides is 1. The molecule has 0 radical (unpaired) electrons. The third-order valence-electron chi connectivity index (χ3n) is 5.90. The van der Waals surface area contributed by atoms with Crippen LogP contribution in [0.25, 0.3) is 0 Å². The van der Waals surface area contributed by atoms with Crippen molar-refractivity contribution in [3.8, 4) is 0 Å². The van der Waals surface area contributed by atoms with Crippen molar-refractivity contribution in [2.75, 3.05) is 39.3 Å². The van der Waals surface area contributed by atoms with Crippen molar-refractivity contribution in [1.29, 1.82) is 0 Å². The molecule has 1 saturated carbocycles. The minimum absolute atomic E-state index is 0.0232. The summed E-state index contributed by atoms with van der Waals surface area (Å²) in [5, 5.41) is 3.08. The van der Waals surface area contributed by atoms with E-state index < -0.39 is 0 Å². The lowest BCUT2D eigenvalue weighted by molar-refractivity contribution is -0.127. The summed E-state index contributed by atoms with van der Waals surface area (Å²) >= 11 is 0. The van der Waals surface area contributed by atoms with E-state index in [-0.39, 0.29) is 18.1 Å². The zero-order chi connectivity index (χ0) is 16.1. The van der Waals surface area contributed by atoms with Crippen LogP contribution < -0.4 is 5.32 Å². The molecule has 5 nitrogen and oxygen atoms in total. The second-order valence-electron chi connectivity index (χ2n) is 7.42. The Labute approximate surface area is 140 Å². The van der Waals surface area contributed by atoms with E-state index in [0.717, 1.165) is 51.7 Å². The first kappa shape index (κ1) is 17.2. The zero-order valence-corrected chi connectivity index (χ0v) is 14.6. The predicted octanol–water partition coefficient (Wildman–Crippen LogP) is 1.62. The summed E-state index contributed by atoms with van der Waals surface area (Å²) in [6, 6.07) is 0.777. The van der Waals surface area contributed by atoms with E-state index in [4.69, 9.17) is 4.74 Å². The molecule has 0 bridgehead atoms. The summed E-state index contributed by atoms with van der Waals surface area (Å²) in [6.45, 7) is 7.84. The quantitative estimate of drug-likeness (QED) is 0.835. The summed E-state index contributed by atoms with van der Waals surface area (Å²) in [4.78, 5) is 17.4. The number of piperazine rings is 1. The molecule has 0 aromatic rings. The summed E-state index contributed by atoms with van der Waals surface area (Å²) < 4.78 is 5.57. The molecule has 5 heteroatoms. The van der Waals surface area contributed by atoms with E-state index in [1.807, 2.05) is 6.92 Å². The van der Waals surface area contributed by atoms with Gasteiger partial charge >= 0.3 is 0 Å². The van der Waals surface area contributed by atoms with Crippen molar-refractivity contribution in [1.82, 2.24) is 15.1 Å². The second kappa shape index (κ2) is 8.45. The maximum Gasteiger partial charge on any atom is 0.237 e. The Balaban J connectivity index is 1.38. The Bertz CT molecular complexity index is 370. The van der Waals surface area contributed by atoms with Crippen molar-refractivity contribution < 1.29 is 9.53 Å². The molecule has 1 aliphatic carbocycles. The number of carbonyl (C=O) groups excluding carboxylic acids is 1. The molecule has 23 heavy (non-hydrogen) atoms. The van der Waals surface area contributed by atoms with Crippen molar-refractivity contribution in [2.45, 2.75) is 70.1 Å². The average molecular weight is 323 g/mol. The normalized spacial score (nSPS) is 29.5. The lowest BCUT2D eigenvalue weighted by Crippen LogP contribution is -2.56. The highest BCUT2D eigenvalue weighted by Crippen LogP contribution is 2.23. The number of nitrogens with one attached hydrogen (secondary N) is 1. The molecular formula is C18H33N3O2. The topological polar surface area (TPSA) is 44.8 Å². The van der Waals surface area contributed by atoms with Crippen LogP contribution in [-0.4, -0.2) is 73.2 Å². The standard InChI is InChI=1S/C18H33N3O2/c1-15(18(22)19-14-17-8-5-13-23-17)20-9-11-21(12-10-20)16-6-3-2-4-7-16/h15-17H,2-14H2,1H3,(H,19,22)/t15-,17+/m0/s1. The van der Waals surface area contributed by atoms with Crippen LogP contribution in [-0.2, 0) is 9.53 Å². The molecule has 2 heterocycles. The third kappa shape index (κ3) is 4.68. The Hall–Kier alpha value is -0.650. The van der Waals surface area contributed by atoms with Crippen LogP contribution in [0.3, 0.4) is 0 Å². The van der Waals surface area contributed by atoms with Crippen molar-refractivity contribution >= 4 is 5.91 Å². The van der Waals surface area contributed by atoms with Gasteiger partial charge in [0.15, 0.2) is 0 Å². The summed E-state index contributed by atoms with van der Waals surface area (Å²) in [5.74, 6) is 0.159. The van der Waals surface area contributed by atoms with Gasteiger partial charge in [-0.3, -0.25) is 14.6 Å². The lowest BCUT2D eigenvalue weighted by Gasteiger charge is -2.42. The number of rotatable bonds is 5. The van der Waals surface area contributed by atoms with Crippen LogP contribution in [0.15, 0.2) is 0 Å². The second-order valence-corrected chi connectivity index (χ2v) is 7.42. The maximum atomic E-state index is 12.4. The first-order valence-electron chi connectivity index (χ1n) is 9.61. The molecule has 3 rings (SSSR count). The van der Waals surface area contributed by atoms with Gasteiger partial charge in [-0.25, -0.2) is 0 Å². The zero-order valence-electron chi connectivity index (χ0n) is 14.6. The highest BCUT2D eigenvalue weighted by atomic mass is 16.5. The highest BCUT2D eigenvalue weighted by molar-refractivity contribution is 5.81. The van der Waals surface area contributed by atoms with Crippen molar-refractivity contribution in [2.24, 2.45) is 0 Å². The van der Waals surface area contributed by atoms with Crippen LogP contribution in [0.2, 0.25) is 0 Å². The Kier molecular flexibility index (Phi) is 6.31. The number of ether oxygens (including phenoxy) is 1. The minimum Gasteiger partial charge on any atom is -0.376 e. The summed E-state index contributed by atoms with van der Waals surface area (Å²) in [6.07, 6.45) is 9.38. The summed E-state index contributed by atoms with van der Waals surface area (Å²) in [7, 11) is 0. The van der Waals surface area contributed by atoms with Crippen LogP contribution >= 0.6 is 0 Å². The van der Waals surface area contributed by atoms with Gasteiger partial charge in [-0.05, 0) is 32.6 Å². The number of nitrogens with zero attached hydrogens (tertiary/aromatic N) is 2. The maximum absolute atomic E-state index is 12.4. The van der Waals surface area contributed by atoms with Crippen LogP contribution in [0.5, 0.6) is 0 Å². The van der Waals surface area contributed by atoms with Gasteiger partial charge in [-0.15, -0.1) is 0 Å². The van der Waals surface area contributed by atoms with Crippen molar-refractivity contribution in [3.05, 3.63) is 0 Å². The molecule has 2 saturated heterocycles. The highest BCUT2D eigenvalue weighted by Gasteiger charge is 2.29. The van der Waals surface area contributed by atoms with Gasteiger partial charge in [0.1, 0.15) is 0 Å². The van der Waals surface area contributed by atoms with Gasteiger partial charge in [0, 0.05) is 45.4 Å². The molecule has 1 amide bonds. The molecule has 1 N–H and O–H groups in total. The van der Waals surface area contributed by atoms with Crippen LogP contribution in [0.1, 0.15) is 51.9 Å². The Morgan fingerprint density at radius 1 is 1.09 bits per heavy atom. The average Bonchev–Trinajstić information content (AvgIpc) is 3.13. The smallest absolute Gasteiger partial charge is 0.237 e. The van der Waals surface area contributed by atoms with Gasteiger partial charge in [-0.2, -0.15) is 0 Å². The van der Waals surface area contributed by atoms with Crippen LogP contribution in [0, 0.1) is 0 Å². The van der Waals surface area contributed by atoms with Crippen LogP contribution in [0.4, 0.5) is 0 Å². The molecule has 3 fully saturated rings. The van der Waals surface area contributed by atoms with Crippen molar-refractivity contribution in [3.63, 3.8) is 0 Å². The third-order valence-corrected chi connectivity index (χ3v) is 5.90. The van der Waals surface area contributed by atoms with E-state index in [1.165, 1.54) is 32.1 Å². The first-order chi connectivity index (χ1) is 11.2. The Morgan fingerprint density at radius 2 is 1.83 bits per heavy atom. The van der Waals surface area contributed by atoms with Gasteiger partial charge in [0.2, 0.25) is 5.91 Å². The van der Waals surface area contributed by atoms with Gasteiger partial charge in [0.05, 0.1) is 12.1 Å². The molecule has 0 unspecified atom stereocenters. The fraction of sp³-hybridized carbons (Fsp3) is 0.944. The summed E-state index contributed by atoms with van der Waals surface area (Å²) in [5.41, 5.74) is 0. The molecule has 2 aliphatic heterocycles. The van der Waals surface area contributed by atoms with Gasteiger partial charge < -0.3 is 10.1 Å². The molecule has 0 spiro atoms. The van der Waals surface area contributed by atoms with Gasteiger partial charge in [-0.1, -0.05) is 19.3 Å². The van der Waals surface area contributed by atoms with E-state index in [0.29, 0.717) is 6.54 Å². The molecular weight excluding hydrogens is 290 g/mol. The number of hydrogen-bond donors (Lipinski definition) is 1. The Morgan fingerprint density at radius 3 is 2.48 bits per heavy atom. The van der Waals surface area contributed by atoms with E-state index in [9.17, 15) is 4.79 Å². The fourth-order valence-corrected chi connectivity index (χ4v) is 4.27. The molecule has 3 aliphatic rings. The van der Waals surface area contributed by atoms with Gasteiger partial charge in [0.25, 0.3) is 0 Å².